The number of hydrogen-bond acceptors (Lipinski definition) is 6. The molecule has 0 saturated heterocycles. The highest BCUT2D eigenvalue weighted by Crippen LogP contribution is 2.33. The average molecular weight is 433 g/mol. The molecular weight excluding hydrogens is 419 g/mol. The van der Waals surface area contributed by atoms with Gasteiger partial charge in [-0.3, -0.25) is 0 Å². The van der Waals surface area contributed by atoms with Gasteiger partial charge in [0.25, 0.3) is 0 Å². The molecule has 0 fully saturated rings. The predicted octanol–water partition coefficient (Wildman–Crippen LogP) is 4.60. The number of benzene rings is 1. The van der Waals surface area contributed by atoms with Crippen LogP contribution in [0.3, 0.4) is 0 Å². The van der Waals surface area contributed by atoms with Crippen molar-refractivity contribution in [3.63, 3.8) is 0 Å². The van der Waals surface area contributed by atoms with E-state index < -0.39 is 27.4 Å². The number of hydrogen-bond donors (Lipinski definition) is 1. The van der Waals surface area contributed by atoms with Crippen LogP contribution in [0.15, 0.2) is 53.3 Å². The summed E-state index contributed by atoms with van der Waals surface area (Å²) < 4.78 is 70.5. The largest absolute Gasteiger partial charge is 0.464 e. The number of aromatic nitrogens is 2. The minimum absolute atomic E-state index is 0.000889. The Morgan fingerprint density at radius 3 is 2.57 bits per heavy atom. The number of nitrogens with one attached hydrogen (secondary N) is 1. The van der Waals surface area contributed by atoms with Gasteiger partial charge in [-0.25, -0.2) is 27.2 Å². The molecule has 3 heterocycles. The maximum Gasteiger partial charge on any atom is 0.215 e. The molecule has 0 unspecified atom stereocenters. The SMILES string of the molecule is CS(=O)(=O)Cc1cc(F)nc(Nc2cc(-c3ccc(F)c4ccoc34)c(F)cn2)c1. The fourth-order valence-electron chi connectivity index (χ4n) is 3.08. The second-order valence-corrected chi connectivity index (χ2v) is 8.83. The lowest BCUT2D eigenvalue weighted by Crippen LogP contribution is -2.04. The van der Waals surface area contributed by atoms with E-state index in [1.165, 1.54) is 36.6 Å². The Morgan fingerprint density at radius 2 is 1.80 bits per heavy atom. The van der Waals surface area contributed by atoms with Crippen molar-refractivity contribution in [2.45, 2.75) is 5.75 Å². The van der Waals surface area contributed by atoms with E-state index >= 15 is 0 Å². The number of sulfone groups is 1. The Balaban J connectivity index is 1.73. The number of fused-ring (bicyclic) bond motifs is 1. The zero-order valence-electron chi connectivity index (χ0n) is 15.5. The molecule has 0 amide bonds. The Bertz CT molecular complexity index is 1370. The van der Waals surface area contributed by atoms with Gasteiger partial charge >= 0.3 is 0 Å². The monoisotopic (exact) mass is 433 g/mol. The topological polar surface area (TPSA) is 85.1 Å². The third kappa shape index (κ3) is 4.13. The van der Waals surface area contributed by atoms with Crippen LogP contribution in [0.1, 0.15) is 5.56 Å². The molecule has 154 valence electrons. The summed E-state index contributed by atoms with van der Waals surface area (Å²) in [5.41, 5.74) is 0.764. The minimum Gasteiger partial charge on any atom is -0.464 e. The van der Waals surface area contributed by atoms with Crippen LogP contribution in [0.25, 0.3) is 22.1 Å². The standard InChI is InChI=1S/C20H14F3N3O3S/c1-30(27,28)10-11-6-17(23)25-19(7-11)26-18-8-14(16(22)9-24-18)12-2-3-15(21)13-4-5-29-20(12)13/h2-9H,10H2,1H3,(H,24,25,26). The van der Waals surface area contributed by atoms with Gasteiger partial charge in [-0.1, -0.05) is 0 Å². The summed E-state index contributed by atoms with van der Waals surface area (Å²) in [6.45, 7) is 0. The Morgan fingerprint density at radius 1 is 1.00 bits per heavy atom. The first-order valence-electron chi connectivity index (χ1n) is 8.62. The van der Waals surface area contributed by atoms with Crippen LogP contribution in [-0.2, 0) is 15.6 Å². The third-order valence-electron chi connectivity index (χ3n) is 4.25. The van der Waals surface area contributed by atoms with Crippen LogP contribution in [0.2, 0.25) is 0 Å². The molecule has 0 aliphatic heterocycles. The van der Waals surface area contributed by atoms with Crippen LogP contribution >= 0.6 is 0 Å². The lowest BCUT2D eigenvalue weighted by Gasteiger charge is -2.10. The van der Waals surface area contributed by atoms with E-state index in [-0.39, 0.29) is 39.5 Å². The van der Waals surface area contributed by atoms with E-state index in [2.05, 4.69) is 15.3 Å². The number of halogens is 3. The highest BCUT2D eigenvalue weighted by atomic mass is 32.2. The van der Waals surface area contributed by atoms with Gasteiger partial charge in [0.15, 0.2) is 9.84 Å². The number of pyridine rings is 2. The van der Waals surface area contributed by atoms with Crippen LogP contribution in [0.5, 0.6) is 0 Å². The molecular formula is C20H14F3N3O3S. The Kier molecular flexibility index (Phi) is 4.94. The molecule has 0 radical (unpaired) electrons. The summed E-state index contributed by atoms with van der Waals surface area (Å²) in [7, 11) is -3.38. The first kappa shape index (κ1) is 19.9. The zero-order chi connectivity index (χ0) is 21.5. The summed E-state index contributed by atoms with van der Waals surface area (Å²) in [6.07, 6.45) is 3.28. The van der Waals surface area contributed by atoms with E-state index in [1.54, 1.807) is 0 Å². The number of rotatable bonds is 5. The first-order chi connectivity index (χ1) is 14.2. The van der Waals surface area contributed by atoms with Crippen molar-refractivity contribution in [1.29, 1.82) is 0 Å². The molecule has 0 aliphatic rings. The highest BCUT2D eigenvalue weighted by Gasteiger charge is 2.16. The van der Waals surface area contributed by atoms with E-state index in [0.717, 1.165) is 18.5 Å². The van der Waals surface area contributed by atoms with Gasteiger partial charge in [0.1, 0.15) is 28.9 Å². The molecule has 0 saturated carbocycles. The van der Waals surface area contributed by atoms with Gasteiger partial charge in [0.05, 0.1) is 23.6 Å². The fraction of sp³-hybridized carbons (Fsp3) is 0.100. The van der Waals surface area contributed by atoms with Crippen molar-refractivity contribution in [3.8, 4) is 11.1 Å². The molecule has 0 bridgehead atoms. The predicted molar refractivity (Wildman–Crippen MR) is 105 cm³/mol. The van der Waals surface area contributed by atoms with Gasteiger partial charge in [-0.2, -0.15) is 4.39 Å². The van der Waals surface area contributed by atoms with E-state index in [1.807, 2.05) is 0 Å². The van der Waals surface area contributed by atoms with Gasteiger partial charge in [0.2, 0.25) is 5.95 Å². The second kappa shape index (κ2) is 7.45. The summed E-state index contributed by atoms with van der Waals surface area (Å²) in [4.78, 5) is 7.57. The van der Waals surface area contributed by atoms with Crippen LogP contribution in [0, 0.1) is 17.6 Å². The van der Waals surface area contributed by atoms with Crippen molar-refractivity contribution in [2.24, 2.45) is 0 Å². The van der Waals surface area contributed by atoms with Crippen molar-refractivity contribution >= 4 is 32.4 Å². The van der Waals surface area contributed by atoms with E-state index in [0.29, 0.717) is 5.56 Å². The van der Waals surface area contributed by atoms with Crippen molar-refractivity contribution < 1.29 is 26.0 Å². The fourth-order valence-corrected chi connectivity index (χ4v) is 3.86. The summed E-state index contributed by atoms with van der Waals surface area (Å²) >= 11 is 0. The lowest BCUT2D eigenvalue weighted by molar-refractivity contribution is 0.583. The molecule has 3 aromatic heterocycles. The molecule has 1 N–H and O–H groups in total. The smallest absolute Gasteiger partial charge is 0.215 e. The second-order valence-electron chi connectivity index (χ2n) is 6.69. The molecule has 0 spiro atoms. The number of nitrogens with zero attached hydrogens (tertiary/aromatic N) is 2. The normalized spacial score (nSPS) is 11.7. The van der Waals surface area contributed by atoms with Gasteiger partial charge in [0, 0.05) is 17.4 Å². The van der Waals surface area contributed by atoms with Crippen LogP contribution in [-0.4, -0.2) is 24.6 Å². The van der Waals surface area contributed by atoms with Crippen LogP contribution < -0.4 is 5.32 Å². The lowest BCUT2D eigenvalue weighted by atomic mass is 10.0. The average Bonchev–Trinajstić information content (AvgIpc) is 3.13. The van der Waals surface area contributed by atoms with Gasteiger partial charge in [-0.05, 0) is 42.0 Å². The van der Waals surface area contributed by atoms with Gasteiger partial charge in [-0.15, -0.1) is 0 Å². The van der Waals surface area contributed by atoms with Crippen molar-refractivity contribution in [3.05, 3.63) is 72.0 Å². The summed E-state index contributed by atoms with van der Waals surface area (Å²) in [5, 5.41) is 2.94. The van der Waals surface area contributed by atoms with Gasteiger partial charge < -0.3 is 9.73 Å². The number of anilines is 2. The minimum atomic E-state index is -3.38. The van der Waals surface area contributed by atoms with Crippen molar-refractivity contribution in [2.75, 3.05) is 11.6 Å². The quantitative estimate of drug-likeness (QED) is 0.463. The third-order valence-corrected chi connectivity index (χ3v) is 5.11. The van der Waals surface area contributed by atoms with E-state index in [4.69, 9.17) is 4.42 Å². The molecule has 4 aromatic rings. The Labute approximate surface area is 169 Å². The summed E-state index contributed by atoms with van der Waals surface area (Å²) in [5.74, 6) is -2.29. The van der Waals surface area contributed by atoms with E-state index in [9.17, 15) is 21.6 Å². The molecule has 10 heteroatoms. The zero-order valence-corrected chi connectivity index (χ0v) is 16.3. The Hall–Kier alpha value is -3.40. The molecule has 0 atom stereocenters. The first-order valence-corrected chi connectivity index (χ1v) is 10.7. The number of furan rings is 1. The maximum atomic E-state index is 14.5. The maximum absolute atomic E-state index is 14.5. The molecule has 4 rings (SSSR count). The molecule has 6 nitrogen and oxygen atoms in total. The molecule has 30 heavy (non-hydrogen) atoms. The molecule has 0 aliphatic carbocycles. The highest BCUT2D eigenvalue weighted by molar-refractivity contribution is 7.89. The molecule has 1 aromatic carbocycles. The van der Waals surface area contributed by atoms with Crippen molar-refractivity contribution in [1.82, 2.24) is 9.97 Å². The van der Waals surface area contributed by atoms with Crippen LogP contribution in [0.4, 0.5) is 24.8 Å². The summed E-state index contributed by atoms with van der Waals surface area (Å²) in [6, 6.07) is 7.73.